The van der Waals surface area contributed by atoms with Crippen molar-refractivity contribution in [3.05, 3.63) is 12.7 Å². The molecular formula is C10H17NO2. The first kappa shape index (κ1) is 10.3. The highest BCUT2D eigenvalue weighted by atomic mass is 16.3. The second-order valence-corrected chi connectivity index (χ2v) is 3.70. The van der Waals surface area contributed by atoms with E-state index < -0.39 is 5.60 Å². The van der Waals surface area contributed by atoms with Gasteiger partial charge in [0, 0.05) is 13.0 Å². The Bertz CT molecular complexity index is 195. The number of nitrogens with one attached hydrogen (secondary N) is 1. The van der Waals surface area contributed by atoms with Crippen LogP contribution in [0.5, 0.6) is 0 Å². The second-order valence-electron chi connectivity index (χ2n) is 3.70. The molecule has 1 amide bonds. The van der Waals surface area contributed by atoms with Crippen LogP contribution in [0.25, 0.3) is 0 Å². The fourth-order valence-electron chi connectivity index (χ4n) is 1.68. The van der Waals surface area contributed by atoms with Crippen molar-refractivity contribution in [2.75, 3.05) is 6.54 Å². The molecule has 13 heavy (non-hydrogen) atoms. The van der Waals surface area contributed by atoms with Crippen molar-refractivity contribution in [2.45, 2.75) is 37.7 Å². The van der Waals surface area contributed by atoms with Crippen LogP contribution in [0.3, 0.4) is 0 Å². The van der Waals surface area contributed by atoms with Crippen LogP contribution in [0, 0.1) is 0 Å². The molecule has 0 radical (unpaired) electrons. The van der Waals surface area contributed by atoms with Crippen molar-refractivity contribution < 1.29 is 9.90 Å². The van der Waals surface area contributed by atoms with Gasteiger partial charge in [0.05, 0.1) is 5.60 Å². The number of carbonyl (C=O) groups excluding carboxylic acids is 1. The first-order chi connectivity index (χ1) is 6.16. The monoisotopic (exact) mass is 183 g/mol. The van der Waals surface area contributed by atoms with Crippen LogP contribution in [0.4, 0.5) is 0 Å². The van der Waals surface area contributed by atoms with Gasteiger partial charge in [0.2, 0.25) is 5.91 Å². The molecule has 0 saturated heterocycles. The van der Waals surface area contributed by atoms with Gasteiger partial charge in [0.15, 0.2) is 0 Å². The van der Waals surface area contributed by atoms with Gasteiger partial charge in [0.25, 0.3) is 0 Å². The van der Waals surface area contributed by atoms with Gasteiger partial charge in [-0.05, 0) is 12.8 Å². The quantitative estimate of drug-likeness (QED) is 0.638. The van der Waals surface area contributed by atoms with Gasteiger partial charge in [-0.1, -0.05) is 18.9 Å². The third kappa shape index (κ3) is 3.19. The molecule has 2 N–H and O–H groups in total. The number of aliphatic hydroxyl groups is 1. The molecule has 0 aromatic rings. The summed E-state index contributed by atoms with van der Waals surface area (Å²) < 4.78 is 0. The smallest absolute Gasteiger partial charge is 0.223 e. The highest BCUT2D eigenvalue weighted by Gasteiger charge is 2.30. The number of rotatable bonds is 4. The predicted molar refractivity (Wildman–Crippen MR) is 51.2 cm³/mol. The second kappa shape index (κ2) is 4.42. The third-order valence-electron chi connectivity index (χ3n) is 2.48. The first-order valence-corrected chi connectivity index (χ1v) is 4.76. The van der Waals surface area contributed by atoms with E-state index in [1.54, 1.807) is 6.08 Å². The topological polar surface area (TPSA) is 49.3 Å². The molecule has 0 heterocycles. The Kier molecular flexibility index (Phi) is 3.48. The Balaban J connectivity index is 2.24. The van der Waals surface area contributed by atoms with Gasteiger partial charge in [-0.3, -0.25) is 4.79 Å². The molecule has 0 bridgehead atoms. The van der Waals surface area contributed by atoms with E-state index in [9.17, 15) is 9.90 Å². The summed E-state index contributed by atoms with van der Waals surface area (Å²) in [5.41, 5.74) is -0.642. The molecule has 1 aliphatic carbocycles. The van der Waals surface area contributed by atoms with Gasteiger partial charge in [0.1, 0.15) is 0 Å². The van der Waals surface area contributed by atoms with Crippen molar-refractivity contribution >= 4 is 5.91 Å². The fourth-order valence-corrected chi connectivity index (χ4v) is 1.68. The van der Waals surface area contributed by atoms with E-state index in [2.05, 4.69) is 11.9 Å². The minimum atomic E-state index is -0.642. The van der Waals surface area contributed by atoms with Gasteiger partial charge in [-0.25, -0.2) is 0 Å². The zero-order valence-corrected chi connectivity index (χ0v) is 7.88. The lowest BCUT2D eigenvalue weighted by molar-refractivity contribution is -0.121. The molecule has 1 aliphatic rings. The van der Waals surface area contributed by atoms with E-state index in [0.717, 1.165) is 25.7 Å². The lowest BCUT2D eigenvalue weighted by atomic mass is 10.0. The van der Waals surface area contributed by atoms with E-state index >= 15 is 0 Å². The van der Waals surface area contributed by atoms with E-state index in [1.165, 1.54) is 0 Å². The zero-order chi connectivity index (χ0) is 9.73. The minimum absolute atomic E-state index is 0.0599. The lowest BCUT2D eigenvalue weighted by Gasteiger charge is -2.22. The summed E-state index contributed by atoms with van der Waals surface area (Å²) in [5.74, 6) is -0.0599. The SMILES string of the molecule is C=CCC(=O)NCC1(O)CCCC1. The Morgan fingerprint density at radius 2 is 2.15 bits per heavy atom. The van der Waals surface area contributed by atoms with Crippen LogP contribution in [0.2, 0.25) is 0 Å². The molecule has 3 heteroatoms. The zero-order valence-electron chi connectivity index (χ0n) is 7.88. The van der Waals surface area contributed by atoms with Gasteiger partial charge >= 0.3 is 0 Å². The van der Waals surface area contributed by atoms with Crippen LogP contribution in [0.15, 0.2) is 12.7 Å². The van der Waals surface area contributed by atoms with Crippen LogP contribution < -0.4 is 5.32 Å². The molecule has 1 saturated carbocycles. The molecule has 1 fully saturated rings. The highest BCUT2D eigenvalue weighted by molar-refractivity contribution is 5.77. The van der Waals surface area contributed by atoms with Gasteiger partial charge in [-0.15, -0.1) is 6.58 Å². The number of amides is 1. The van der Waals surface area contributed by atoms with Crippen molar-refractivity contribution in [1.82, 2.24) is 5.32 Å². The summed E-state index contributed by atoms with van der Waals surface area (Å²) in [6, 6.07) is 0. The first-order valence-electron chi connectivity index (χ1n) is 4.76. The van der Waals surface area contributed by atoms with Crippen molar-refractivity contribution in [2.24, 2.45) is 0 Å². The molecule has 0 atom stereocenters. The van der Waals surface area contributed by atoms with Crippen LogP contribution in [0.1, 0.15) is 32.1 Å². The number of hydrogen-bond acceptors (Lipinski definition) is 2. The molecule has 3 nitrogen and oxygen atoms in total. The summed E-state index contributed by atoms with van der Waals surface area (Å²) in [7, 11) is 0. The molecule has 0 unspecified atom stereocenters. The molecule has 0 aromatic carbocycles. The summed E-state index contributed by atoms with van der Waals surface area (Å²) in [6.45, 7) is 3.86. The van der Waals surface area contributed by atoms with Crippen molar-refractivity contribution in [3.63, 3.8) is 0 Å². The molecule has 0 aliphatic heterocycles. The minimum Gasteiger partial charge on any atom is -0.388 e. The van der Waals surface area contributed by atoms with Crippen molar-refractivity contribution in [3.8, 4) is 0 Å². The summed E-state index contributed by atoms with van der Waals surface area (Å²) in [6.07, 6.45) is 5.63. The third-order valence-corrected chi connectivity index (χ3v) is 2.48. The van der Waals surface area contributed by atoms with Crippen molar-refractivity contribution in [1.29, 1.82) is 0 Å². The lowest BCUT2D eigenvalue weighted by Crippen LogP contribution is -2.40. The molecule has 74 valence electrons. The fraction of sp³-hybridized carbons (Fsp3) is 0.700. The van der Waals surface area contributed by atoms with E-state index in [1.807, 2.05) is 0 Å². The largest absolute Gasteiger partial charge is 0.388 e. The summed E-state index contributed by atoms with van der Waals surface area (Å²) in [4.78, 5) is 11.0. The standard InChI is InChI=1S/C10H17NO2/c1-2-5-9(12)11-8-10(13)6-3-4-7-10/h2,13H,1,3-8H2,(H,11,12). The van der Waals surface area contributed by atoms with Crippen LogP contribution in [-0.4, -0.2) is 23.2 Å². The average molecular weight is 183 g/mol. The Morgan fingerprint density at radius 1 is 1.54 bits per heavy atom. The van der Waals surface area contributed by atoms with Gasteiger partial charge in [-0.2, -0.15) is 0 Å². The highest BCUT2D eigenvalue weighted by Crippen LogP contribution is 2.28. The molecule has 0 spiro atoms. The van der Waals surface area contributed by atoms with E-state index in [4.69, 9.17) is 0 Å². The molecule has 0 aromatic heterocycles. The number of carbonyl (C=O) groups is 1. The molecule has 1 rings (SSSR count). The average Bonchev–Trinajstić information content (AvgIpc) is 2.51. The Morgan fingerprint density at radius 3 is 2.69 bits per heavy atom. The van der Waals surface area contributed by atoms with E-state index in [0.29, 0.717) is 13.0 Å². The maximum Gasteiger partial charge on any atom is 0.223 e. The normalized spacial score (nSPS) is 19.8. The Labute approximate surface area is 78.8 Å². The van der Waals surface area contributed by atoms with Crippen LogP contribution in [-0.2, 0) is 4.79 Å². The maximum atomic E-state index is 11.0. The number of hydrogen-bond donors (Lipinski definition) is 2. The van der Waals surface area contributed by atoms with Crippen LogP contribution >= 0.6 is 0 Å². The van der Waals surface area contributed by atoms with E-state index in [-0.39, 0.29) is 5.91 Å². The maximum absolute atomic E-state index is 11.0. The summed E-state index contributed by atoms with van der Waals surface area (Å²) >= 11 is 0. The predicted octanol–water partition coefficient (Wildman–Crippen LogP) is 0.984. The molecular weight excluding hydrogens is 166 g/mol. The summed E-state index contributed by atoms with van der Waals surface area (Å²) in [5, 5.41) is 12.6. The van der Waals surface area contributed by atoms with Gasteiger partial charge < -0.3 is 10.4 Å². The Hall–Kier alpha value is -0.830.